The highest BCUT2D eigenvalue weighted by molar-refractivity contribution is 5.31. The molecule has 0 bridgehead atoms. The second kappa shape index (κ2) is 9.64. The van der Waals surface area contributed by atoms with E-state index in [0.29, 0.717) is 10.8 Å². The van der Waals surface area contributed by atoms with Crippen LogP contribution >= 0.6 is 0 Å². The summed E-state index contributed by atoms with van der Waals surface area (Å²) in [4.78, 5) is 0. The lowest BCUT2D eigenvalue weighted by Crippen LogP contribution is -2.05. The molecule has 0 aliphatic heterocycles. The Kier molecular flexibility index (Phi) is 8.54. The molecule has 0 nitrogen and oxygen atoms in total. The minimum atomic E-state index is 0.475. The van der Waals surface area contributed by atoms with Crippen molar-refractivity contribution in [3.63, 3.8) is 0 Å². The Morgan fingerprint density at radius 2 is 1.12 bits per heavy atom. The van der Waals surface area contributed by atoms with Crippen LogP contribution in [-0.2, 0) is 12.8 Å². The Labute approximate surface area is 152 Å². The summed E-state index contributed by atoms with van der Waals surface area (Å²) in [6.07, 6.45) is 12.0. The topological polar surface area (TPSA) is 0 Å². The third-order valence-corrected chi connectivity index (χ3v) is 4.86. The predicted molar refractivity (Wildman–Crippen MR) is 110 cm³/mol. The number of hydrogen-bond donors (Lipinski definition) is 0. The van der Waals surface area contributed by atoms with Crippen LogP contribution in [0.3, 0.4) is 0 Å². The van der Waals surface area contributed by atoms with E-state index >= 15 is 0 Å². The first-order valence-corrected chi connectivity index (χ1v) is 10.2. The maximum atomic E-state index is 2.43. The zero-order valence-corrected chi connectivity index (χ0v) is 17.6. The van der Waals surface area contributed by atoms with Crippen LogP contribution in [0.4, 0.5) is 0 Å². The molecular weight excluding hydrogens is 288 g/mol. The van der Waals surface area contributed by atoms with Crippen LogP contribution in [0.2, 0.25) is 0 Å². The quantitative estimate of drug-likeness (QED) is 0.403. The molecule has 24 heavy (non-hydrogen) atoms. The molecule has 0 N–H and O–H groups in total. The van der Waals surface area contributed by atoms with Crippen molar-refractivity contribution in [2.75, 3.05) is 0 Å². The monoisotopic (exact) mass is 330 g/mol. The van der Waals surface area contributed by atoms with Crippen LogP contribution in [-0.4, -0.2) is 0 Å². The number of benzene rings is 1. The maximum absolute atomic E-state index is 2.43. The smallest absolute Gasteiger partial charge is 0.0276 e. The molecule has 0 aliphatic rings. The van der Waals surface area contributed by atoms with E-state index in [1.807, 2.05) is 0 Å². The van der Waals surface area contributed by atoms with Crippen molar-refractivity contribution in [1.29, 1.82) is 0 Å². The standard InChI is InChI=1S/C24H42/c1-20-15-16-21(13-9-8-11-17-23(2,3)4)22(19-20)14-10-12-18-24(5,6)7/h15-16,19H,8-14,17-18H2,1-7H3. The highest BCUT2D eigenvalue weighted by atomic mass is 14.2. The second-order valence-corrected chi connectivity index (χ2v) is 10.2. The molecule has 1 aromatic rings. The van der Waals surface area contributed by atoms with Crippen molar-refractivity contribution in [2.45, 2.75) is 106 Å². The Balaban J connectivity index is 2.43. The molecule has 0 heterocycles. The van der Waals surface area contributed by atoms with Gasteiger partial charge in [-0.2, -0.15) is 0 Å². The molecule has 138 valence electrons. The van der Waals surface area contributed by atoms with Gasteiger partial charge in [-0.3, -0.25) is 0 Å². The largest absolute Gasteiger partial charge is 0.0602 e. The number of aryl methyl sites for hydroxylation is 3. The van der Waals surface area contributed by atoms with Crippen LogP contribution in [0, 0.1) is 17.8 Å². The minimum Gasteiger partial charge on any atom is -0.0602 e. The molecule has 1 aromatic carbocycles. The van der Waals surface area contributed by atoms with Gasteiger partial charge in [0.1, 0.15) is 0 Å². The summed E-state index contributed by atoms with van der Waals surface area (Å²) >= 11 is 0. The summed E-state index contributed by atoms with van der Waals surface area (Å²) in [6.45, 7) is 16.3. The van der Waals surface area contributed by atoms with Crippen molar-refractivity contribution in [1.82, 2.24) is 0 Å². The minimum absolute atomic E-state index is 0.475. The van der Waals surface area contributed by atoms with E-state index < -0.39 is 0 Å². The van der Waals surface area contributed by atoms with E-state index in [0.717, 1.165) is 0 Å². The van der Waals surface area contributed by atoms with E-state index in [4.69, 9.17) is 0 Å². The molecule has 0 saturated heterocycles. The van der Waals surface area contributed by atoms with Crippen molar-refractivity contribution in [3.05, 3.63) is 34.9 Å². The van der Waals surface area contributed by atoms with E-state index in [9.17, 15) is 0 Å². The van der Waals surface area contributed by atoms with Crippen LogP contribution in [0.25, 0.3) is 0 Å². The van der Waals surface area contributed by atoms with Crippen molar-refractivity contribution in [2.24, 2.45) is 10.8 Å². The third-order valence-electron chi connectivity index (χ3n) is 4.86. The van der Waals surface area contributed by atoms with Crippen molar-refractivity contribution >= 4 is 0 Å². The molecule has 0 heteroatoms. The summed E-state index contributed by atoms with van der Waals surface area (Å²) in [7, 11) is 0. The first kappa shape index (κ1) is 21.3. The van der Waals surface area contributed by atoms with Gasteiger partial charge in [0.2, 0.25) is 0 Å². The molecule has 0 unspecified atom stereocenters. The fourth-order valence-corrected chi connectivity index (χ4v) is 3.35. The van der Waals surface area contributed by atoms with Crippen LogP contribution in [0.15, 0.2) is 18.2 Å². The lowest BCUT2D eigenvalue weighted by atomic mass is 9.88. The molecule has 0 aromatic heterocycles. The van der Waals surface area contributed by atoms with Gasteiger partial charge in [0, 0.05) is 0 Å². The summed E-state index contributed by atoms with van der Waals surface area (Å²) < 4.78 is 0. The Morgan fingerprint density at radius 3 is 1.71 bits per heavy atom. The fraction of sp³-hybridized carbons (Fsp3) is 0.750. The molecule has 0 atom stereocenters. The molecule has 0 fully saturated rings. The van der Waals surface area contributed by atoms with Gasteiger partial charge in [-0.25, -0.2) is 0 Å². The normalized spacial score (nSPS) is 12.6. The van der Waals surface area contributed by atoms with Gasteiger partial charge in [0.25, 0.3) is 0 Å². The highest BCUT2D eigenvalue weighted by Crippen LogP contribution is 2.25. The SMILES string of the molecule is Cc1ccc(CCCCCC(C)(C)C)c(CCCCC(C)(C)C)c1. The van der Waals surface area contributed by atoms with E-state index in [2.05, 4.69) is 66.7 Å². The average molecular weight is 331 g/mol. The van der Waals surface area contributed by atoms with E-state index in [-0.39, 0.29) is 0 Å². The average Bonchev–Trinajstić information content (AvgIpc) is 2.43. The number of rotatable bonds is 9. The lowest BCUT2D eigenvalue weighted by Gasteiger charge is -2.18. The zero-order chi connectivity index (χ0) is 18.2. The van der Waals surface area contributed by atoms with Gasteiger partial charge in [-0.15, -0.1) is 0 Å². The first-order chi connectivity index (χ1) is 11.1. The Morgan fingerprint density at radius 1 is 0.625 bits per heavy atom. The molecule has 0 radical (unpaired) electrons. The van der Waals surface area contributed by atoms with Gasteiger partial charge in [0.05, 0.1) is 0 Å². The van der Waals surface area contributed by atoms with Gasteiger partial charge >= 0.3 is 0 Å². The summed E-state index contributed by atoms with van der Waals surface area (Å²) in [5, 5.41) is 0. The fourth-order valence-electron chi connectivity index (χ4n) is 3.35. The summed E-state index contributed by atoms with van der Waals surface area (Å²) in [5.74, 6) is 0. The van der Waals surface area contributed by atoms with Gasteiger partial charge in [0.15, 0.2) is 0 Å². The zero-order valence-electron chi connectivity index (χ0n) is 17.6. The summed E-state index contributed by atoms with van der Waals surface area (Å²) in [6, 6.07) is 7.11. The van der Waals surface area contributed by atoms with Crippen LogP contribution in [0.1, 0.15) is 103 Å². The Hall–Kier alpha value is -0.780. The number of unbranched alkanes of at least 4 members (excludes halogenated alkanes) is 3. The lowest BCUT2D eigenvalue weighted by molar-refractivity contribution is 0.358. The van der Waals surface area contributed by atoms with Gasteiger partial charge < -0.3 is 0 Å². The van der Waals surface area contributed by atoms with Crippen LogP contribution < -0.4 is 0 Å². The third kappa shape index (κ3) is 10.2. The highest BCUT2D eigenvalue weighted by Gasteiger charge is 2.11. The van der Waals surface area contributed by atoms with Crippen LogP contribution in [0.5, 0.6) is 0 Å². The molecule has 0 amide bonds. The predicted octanol–water partition coefficient (Wildman–Crippen LogP) is 7.90. The van der Waals surface area contributed by atoms with Gasteiger partial charge in [-0.05, 0) is 67.4 Å². The van der Waals surface area contributed by atoms with E-state index in [1.165, 1.54) is 63.4 Å². The number of hydrogen-bond acceptors (Lipinski definition) is 0. The molecule has 1 rings (SSSR count). The maximum Gasteiger partial charge on any atom is -0.0276 e. The summed E-state index contributed by atoms with van der Waals surface area (Å²) in [5.41, 5.74) is 5.59. The van der Waals surface area contributed by atoms with Crippen molar-refractivity contribution in [3.8, 4) is 0 Å². The van der Waals surface area contributed by atoms with Crippen molar-refractivity contribution < 1.29 is 0 Å². The Bertz CT molecular complexity index is 468. The second-order valence-electron chi connectivity index (χ2n) is 10.2. The van der Waals surface area contributed by atoms with E-state index in [1.54, 1.807) is 11.1 Å². The first-order valence-electron chi connectivity index (χ1n) is 10.2. The van der Waals surface area contributed by atoms with Gasteiger partial charge in [-0.1, -0.05) is 84.6 Å². The molecular formula is C24H42. The molecule has 0 saturated carbocycles. The molecule has 0 aliphatic carbocycles. The molecule has 0 spiro atoms.